The van der Waals surface area contributed by atoms with Gasteiger partial charge in [0, 0.05) is 58.5 Å². The Bertz CT molecular complexity index is 1060. The largest absolute Gasteiger partial charge is 0.390 e. The molecule has 0 aliphatic heterocycles. The minimum absolute atomic E-state index is 0.0762. The number of carbonyl (C=O) groups is 3. The average Bonchev–Trinajstić information content (AvgIpc) is 3.02. The topological polar surface area (TPSA) is 139 Å². The van der Waals surface area contributed by atoms with Crippen LogP contribution in [0.15, 0.2) is 0 Å². The third-order valence-corrected chi connectivity index (χ3v) is 12.0. The Labute approximate surface area is 286 Å². The standard InChI is InChI=1S/C35H67N5O6S/c1-8-11-19-40(37-33(42)20-26(4)5)25-32(41)31(21-27-15-13-12-14-16-27)36-34(43)28-22-29(35(44)39(17-9-2)18-10-3)24-30(23-28)47(45,46)38(6)7/h26-32,41H,8-25H2,1-7H3,(H,36,43)(H,37,42). The molecule has 0 aromatic heterocycles. The van der Waals surface area contributed by atoms with E-state index in [-0.39, 0.29) is 49.4 Å². The Hall–Kier alpha value is -1.76. The number of unbranched alkanes of at least 4 members (excludes halogenated alkanes) is 1. The van der Waals surface area contributed by atoms with E-state index in [9.17, 15) is 27.9 Å². The van der Waals surface area contributed by atoms with Gasteiger partial charge in [-0.2, -0.15) is 0 Å². The lowest BCUT2D eigenvalue weighted by molar-refractivity contribution is -0.138. The maximum Gasteiger partial charge on any atom is 0.234 e. The van der Waals surface area contributed by atoms with Gasteiger partial charge in [0.2, 0.25) is 27.7 Å². The lowest BCUT2D eigenvalue weighted by atomic mass is 9.79. The molecule has 2 aliphatic carbocycles. The second kappa shape index (κ2) is 20.7. The molecule has 0 radical (unpaired) electrons. The van der Waals surface area contributed by atoms with E-state index < -0.39 is 39.3 Å². The zero-order chi connectivity index (χ0) is 35.1. The SMILES string of the molecule is CCCCN(CC(O)C(CC1CCCCC1)NC(=O)C1CC(C(=O)N(CCC)CCC)CC(S(=O)(=O)N(C)C)C1)NC(=O)CC(C)C. The highest BCUT2D eigenvalue weighted by molar-refractivity contribution is 7.89. The van der Waals surface area contributed by atoms with Crippen LogP contribution in [-0.4, -0.2) is 103 Å². The molecular weight excluding hydrogens is 618 g/mol. The molecule has 2 aliphatic rings. The van der Waals surface area contributed by atoms with Gasteiger partial charge >= 0.3 is 0 Å². The second-order valence-electron chi connectivity index (χ2n) is 14.7. The normalized spacial score (nSPS) is 22.3. The second-order valence-corrected chi connectivity index (χ2v) is 17.2. The van der Waals surface area contributed by atoms with Gasteiger partial charge in [0.05, 0.1) is 17.4 Å². The molecule has 12 heteroatoms. The number of hydrazine groups is 1. The summed E-state index contributed by atoms with van der Waals surface area (Å²) in [7, 11) is -0.715. The summed E-state index contributed by atoms with van der Waals surface area (Å²) in [6.07, 6.45) is 9.57. The van der Waals surface area contributed by atoms with Gasteiger partial charge in [0.25, 0.3) is 0 Å². The number of carbonyl (C=O) groups excluding carboxylic acids is 3. The zero-order valence-corrected chi connectivity index (χ0v) is 31.3. The first-order valence-corrected chi connectivity index (χ1v) is 20.0. The van der Waals surface area contributed by atoms with E-state index >= 15 is 0 Å². The Morgan fingerprint density at radius 1 is 0.872 bits per heavy atom. The maximum atomic E-state index is 14.1. The summed E-state index contributed by atoms with van der Waals surface area (Å²) in [6.45, 7) is 12.1. The van der Waals surface area contributed by atoms with Crippen LogP contribution in [0.1, 0.15) is 125 Å². The highest BCUT2D eigenvalue weighted by Crippen LogP contribution is 2.36. The third kappa shape index (κ3) is 13.6. The molecule has 3 amide bonds. The summed E-state index contributed by atoms with van der Waals surface area (Å²) in [5, 5.41) is 15.8. The summed E-state index contributed by atoms with van der Waals surface area (Å²) in [6, 6.07) is -0.562. The summed E-state index contributed by atoms with van der Waals surface area (Å²) in [4.78, 5) is 42.3. The Kier molecular flexibility index (Phi) is 18.2. The van der Waals surface area contributed by atoms with Crippen molar-refractivity contribution in [3.8, 4) is 0 Å². The fourth-order valence-electron chi connectivity index (χ4n) is 7.24. The number of aliphatic hydroxyl groups is 1. The van der Waals surface area contributed by atoms with Gasteiger partial charge in [0.15, 0.2) is 0 Å². The number of amides is 3. The molecule has 47 heavy (non-hydrogen) atoms. The smallest absolute Gasteiger partial charge is 0.234 e. The van der Waals surface area contributed by atoms with Crippen LogP contribution in [0.3, 0.4) is 0 Å². The molecule has 0 bridgehead atoms. The lowest BCUT2D eigenvalue weighted by Gasteiger charge is -2.38. The van der Waals surface area contributed by atoms with E-state index in [1.807, 2.05) is 32.6 Å². The summed E-state index contributed by atoms with van der Waals surface area (Å²) >= 11 is 0. The van der Waals surface area contributed by atoms with E-state index in [0.29, 0.717) is 38.4 Å². The van der Waals surface area contributed by atoms with Gasteiger partial charge < -0.3 is 15.3 Å². The molecule has 2 saturated carbocycles. The van der Waals surface area contributed by atoms with Crippen LogP contribution in [0, 0.1) is 23.7 Å². The fourth-order valence-corrected chi connectivity index (χ4v) is 8.78. The van der Waals surface area contributed by atoms with Gasteiger partial charge in [-0.15, -0.1) is 0 Å². The van der Waals surface area contributed by atoms with Crippen LogP contribution in [0.25, 0.3) is 0 Å². The lowest BCUT2D eigenvalue weighted by Crippen LogP contribution is -2.55. The quantitative estimate of drug-likeness (QED) is 0.162. The minimum atomic E-state index is -3.71. The summed E-state index contributed by atoms with van der Waals surface area (Å²) < 4.78 is 28.0. The Morgan fingerprint density at radius 2 is 1.49 bits per heavy atom. The van der Waals surface area contributed by atoms with E-state index in [1.54, 1.807) is 5.01 Å². The van der Waals surface area contributed by atoms with Crippen molar-refractivity contribution in [1.82, 2.24) is 25.0 Å². The van der Waals surface area contributed by atoms with Gasteiger partial charge in [0.1, 0.15) is 0 Å². The number of nitrogens with one attached hydrogen (secondary N) is 2. The molecule has 5 atom stereocenters. The van der Waals surface area contributed by atoms with Gasteiger partial charge in [-0.1, -0.05) is 73.1 Å². The summed E-state index contributed by atoms with van der Waals surface area (Å²) in [5.74, 6) is -1.15. The first-order chi connectivity index (χ1) is 22.2. The highest BCUT2D eigenvalue weighted by atomic mass is 32.2. The van der Waals surface area contributed by atoms with E-state index in [1.165, 1.54) is 24.8 Å². The predicted octanol–water partition coefficient (Wildman–Crippen LogP) is 4.31. The number of aliphatic hydroxyl groups excluding tert-OH is 1. The Morgan fingerprint density at radius 3 is 2.04 bits per heavy atom. The van der Waals surface area contributed by atoms with Crippen molar-refractivity contribution in [2.75, 3.05) is 40.3 Å². The van der Waals surface area contributed by atoms with Gasteiger partial charge in [-0.25, -0.2) is 17.7 Å². The molecule has 274 valence electrons. The van der Waals surface area contributed by atoms with Crippen molar-refractivity contribution in [2.45, 2.75) is 142 Å². The number of hydrogen-bond acceptors (Lipinski definition) is 7. The highest BCUT2D eigenvalue weighted by Gasteiger charge is 2.44. The molecule has 0 spiro atoms. The predicted molar refractivity (Wildman–Crippen MR) is 188 cm³/mol. The third-order valence-electron chi connectivity index (χ3n) is 9.78. The van der Waals surface area contributed by atoms with E-state index in [4.69, 9.17) is 0 Å². The monoisotopic (exact) mass is 685 g/mol. The van der Waals surface area contributed by atoms with Crippen molar-refractivity contribution in [2.24, 2.45) is 23.7 Å². The van der Waals surface area contributed by atoms with Crippen molar-refractivity contribution in [3.63, 3.8) is 0 Å². The number of nitrogens with zero attached hydrogens (tertiary/aromatic N) is 3. The first kappa shape index (κ1) is 41.4. The molecule has 0 saturated heterocycles. The molecular formula is C35H67N5O6S. The number of rotatable bonds is 20. The molecule has 0 aromatic rings. The zero-order valence-electron chi connectivity index (χ0n) is 30.5. The number of sulfonamides is 1. The van der Waals surface area contributed by atoms with Crippen LogP contribution in [0.4, 0.5) is 0 Å². The molecule has 0 aromatic carbocycles. The number of hydrogen-bond donors (Lipinski definition) is 3. The molecule has 2 rings (SSSR count). The first-order valence-electron chi connectivity index (χ1n) is 18.5. The van der Waals surface area contributed by atoms with Crippen molar-refractivity contribution in [3.05, 3.63) is 0 Å². The van der Waals surface area contributed by atoms with Crippen molar-refractivity contribution < 1.29 is 27.9 Å². The fraction of sp³-hybridized carbons (Fsp3) is 0.914. The molecule has 5 unspecified atom stereocenters. The van der Waals surface area contributed by atoms with Crippen LogP contribution in [0.5, 0.6) is 0 Å². The van der Waals surface area contributed by atoms with Crippen molar-refractivity contribution >= 4 is 27.7 Å². The van der Waals surface area contributed by atoms with Gasteiger partial charge in [-0.05, 0) is 56.8 Å². The molecule has 0 heterocycles. The molecule has 2 fully saturated rings. The summed E-state index contributed by atoms with van der Waals surface area (Å²) in [5.41, 5.74) is 2.98. The molecule has 11 nitrogen and oxygen atoms in total. The van der Waals surface area contributed by atoms with Crippen LogP contribution >= 0.6 is 0 Å². The molecule has 3 N–H and O–H groups in total. The minimum Gasteiger partial charge on any atom is -0.390 e. The van der Waals surface area contributed by atoms with Crippen molar-refractivity contribution in [1.29, 1.82) is 0 Å². The van der Waals surface area contributed by atoms with Crippen LogP contribution in [0.2, 0.25) is 0 Å². The van der Waals surface area contributed by atoms with Crippen LogP contribution in [-0.2, 0) is 24.4 Å². The van der Waals surface area contributed by atoms with Gasteiger partial charge in [-0.3, -0.25) is 19.8 Å². The van der Waals surface area contributed by atoms with E-state index in [2.05, 4.69) is 17.7 Å². The maximum absolute atomic E-state index is 14.1. The van der Waals surface area contributed by atoms with E-state index in [0.717, 1.165) is 51.4 Å². The Balaban J connectivity index is 2.33. The average molecular weight is 686 g/mol. The van der Waals surface area contributed by atoms with Crippen LogP contribution < -0.4 is 10.7 Å².